The number of hydrogen-bond donors (Lipinski definition) is 1. The molecule has 1 N–H and O–H groups in total. The molecule has 2 nitrogen and oxygen atoms in total. The molecule has 1 atom stereocenters. The summed E-state index contributed by atoms with van der Waals surface area (Å²) in [5.74, 6) is 1.52. The van der Waals surface area contributed by atoms with Gasteiger partial charge in [0, 0.05) is 5.75 Å². The van der Waals surface area contributed by atoms with Gasteiger partial charge in [0.05, 0.1) is 11.8 Å². The summed E-state index contributed by atoms with van der Waals surface area (Å²) in [5.41, 5.74) is 6.78. The lowest BCUT2D eigenvalue weighted by molar-refractivity contribution is -0.119. The van der Waals surface area contributed by atoms with E-state index in [1.54, 1.807) is 11.8 Å². The van der Waals surface area contributed by atoms with Crippen LogP contribution in [0.4, 0.5) is 0 Å². The smallest absolute Gasteiger partial charge is 0.230 e. The van der Waals surface area contributed by atoms with Crippen LogP contribution in [0.1, 0.15) is 60.0 Å². The maximum Gasteiger partial charge on any atom is 0.230 e. The summed E-state index contributed by atoms with van der Waals surface area (Å²) in [6.45, 7) is 4.24. The lowest BCUT2D eigenvalue weighted by Gasteiger charge is -2.21. The van der Waals surface area contributed by atoms with Gasteiger partial charge >= 0.3 is 0 Å². The molecule has 1 aliphatic carbocycles. The number of nitrogens with one attached hydrogen (secondary N) is 1. The van der Waals surface area contributed by atoms with Gasteiger partial charge in [-0.2, -0.15) is 0 Å². The average molecular weight is 368 g/mol. The Hall–Kier alpha value is -1.74. The summed E-state index contributed by atoms with van der Waals surface area (Å²) in [6, 6.07) is 15.4. The van der Waals surface area contributed by atoms with Gasteiger partial charge in [-0.05, 0) is 61.3 Å². The molecule has 2 aromatic rings. The molecule has 0 bridgehead atoms. The van der Waals surface area contributed by atoms with Crippen molar-refractivity contribution in [3.63, 3.8) is 0 Å². The normalized spacial score (nSPS) is 14.5. The molecule has 0 fully saturated rings. The molecule has 0 saturated carbocycles. The fourth-order valence-electron chi connectivity index (χ4n) is 3.57. The van der Waals surface area contributed by atoms with Crippen molar-refractivity contribution in [1.29, 1.82) is 0 Å². The molecule has 0 radical (unpaired) electrons. The number of benzene rings is 2. The van der Waals surface area contributed by atoms with E-state index >= 15 is 0 Å². The number of hydrogen-bond acceptors (Lipinski definition) is 2. The Morgan fingerprint density at radius 3 is 2.54 bits per heavy atom. The van der Waals surface area contributed by atoms with Gasteiger partial charge in [-0.25, -0.2) is 0 Å². The summed E-state index contributed by atoms with van der Waals surface area (Å²) in [4.78, 5) is 12.4. The second-order valence-electron chi connectivity index (χ2n) is 7.24. The molecular weight excluding hydrogens is 338 g/mol. The van der Waals surface area contributed by atoms with Gasteiger partial charge in [-0.15, -0.1) is 11.8 Å². The van der Waals surface area contributed by atoms with Crippen LogP contribution >= 0.6 is 11.8 Å². The number of fused-ring (bicyclic) bond motifs is 1. The molecule has 3 heteroatoms. The van der Waals surface area contributed by atoms with Crippen LogP contribution in [0.2, 0.25) is 0 Å². The van der Waals surface area contributed by atoms with Gasteiger partial charge in [0.15, 0.2) is 0 Å². The van der Waals surface area contributed by atoms with Crippen LogP contribution in [0.15, 0.2) is 42.5 Å². The van der Waals surface area contributed by atoms with Crippen LogP contribution in [0.3, 0.4) is 0 Å². The minimum Gasteiger partial charge on any atom is -0.349 e. The molecule has 0 spiro atoms. The molecule has 1 amide bonds. The van der Waals surface area contributed by atoms with Crippen LogP contribution in [-0.2, 0) is 23.4 Å². The summed E-state index contributed by atoms with van der Waals surface area (Å²) in [5, 5.41) is 3.23. The van der Waals surface area contributed by atoms with E-state index in [2.05, 4.69) is 61.6 Å². The fourth-order valence-corrected chi connectivity index (χ4v) is 4.37. The first-order chi connectivity index (χ1) is 12.7. The van der Waals surface area contributed by atoms with E-state index in [9.17, 15) is 4.79 Å². The standard InChI is InChI=1S/C23H29NOS/c1-3-22(21-13-12-19-6-4-5-7-20(19)14-21)24-23(25)16-26-15-18-10-8-17(2)9-11-18/h8-14,22H,3-7,15-16H2,1-2H3,(H,24,25). The largest absolute Gasteiger partial charge is 0.349 e. The first-order valence-electron chi connectivity index (χ1n) is 9.70. The first-order valence-corrected chi connectivity index (χ1v) is 10.9. The van der Waals surface area contributed by atoms with Crippen LogP contribution in [0, 0.1) is 6.92 Å². The van der Waals surface area contributed by atoms with Crippen molar-refractivity contribution in [2.45, 2.75) is 57.7 Å². The zero-order valence-corrected chi connectivity index (χ0v) is 16.7. The highest BCUT2D eigenvalue weighted by atomic mass is 32.2. The van der Waals surface area contributed by atoms with Crippen LogP contribution < -0.4 is 5.32 Å². The van der Waals surface area contributed by atoms with E-state index < -0.39 is 0 Å². The second-order valence-corrected chi connectivity index (χ2v) is 8.23. The van der Waals surface area contributed by atoms with Gasteiger partial charge in [0.1, 0.15) is 0 Å². The Kier molecular flexibility index (Phi) is 6.79. The predicted molar refractivity (Wildman–Crippen MR) is 112 cm³/mol. The molecule has 0 aliphatic heterocycles. The second kappa shape index (κ2) is 9.27. The summed E-state index contributed by atoms with van der Waals surface area (Å²) in [6.07, 6.45) is 5.90. The molecule has 3 rings (SSSR count). The SMILES string of the molecule is CCC(NC(=O)CSCc1ccc(C)cc1)c1ccc2c(c1)CCCC2. The summed E-state index contributed by atoms with van der Waals surface area (Å²) < 4.78 is 0. The summed E-state index contributed by atoms with van der Waals surface area (Å²) >= 11 is 1.68. The Morgan fingerprint density at radius 2 is 1.81 bits per heavy atom. The Morgan fingerprint density at radius 1 is 1.08 bits per heavy atom. The molecule has 26 heavy (non-hydrogen) atoms. The van der Waals surface area contributed by atoms with Crippen molar-refractivity contribution < 1.29 is 4.79 Å². The third-order valence-electron chi connectivity index (χ3n) is 5.14. The number of rotatable bonds is 7. The maximum atomic E-state index is 12.4. The average Bonchev–Trinajstić information content (AvgIpc) is 2.67. The van der Waals surface area contributed by atoms with E-state index in [-0.39, 0.29) is 11.9 Å². The van der Waals surface area contributed by atoms with Gasteiger partial charge in [0.25, 0.3) is 0 Å². The van der Waals surface area contributed by atoms with Crippen molar-refractivity contribution in [2.75, 3.05) is 5.75 Å². The van der Waals surface area contributed by atoms with Crippen molar-refractivity contribution >= 4 is 17.7 Å². The van der Waals surface area contributed by atoms with E-state index in [1.165, 1.54) is 53.5 Å². The van der Waals surface area contributed by atoms with Gasteiger partial charge in [0.2, 0.25) is 5.91 Å². The topological polar surface area (TPSA) is 29.1 Å². The number of amides is 1. The predicted octanol–water partition coefficient (Wildman–Crippen LogP) is 5.37. The van der Waals surface area contributed by atoms with Crippen molar-refractivity contribution in [1.82, 2.24) is 5.32 Å². The lowest BCUT2D eigenvalue weighted by atomic mass is 9.89. The maximum absolute atomic E-state index is 12.4. The molecular formula is C23H29NOS. The highest BCUT2D eigenvalue weighted by Gasteiger charge is 2.16. The minimum atomic E-state index is 0.120. The number of carbonyl (C=O) groups is 1. The third-order valence-corrected chi connectivity index (χ3v) is 6.14. The van der Waals surface area contributed by atoms with E-state index in [1.807, 2.05) is 0 Å². The molecule has 1 aliphatic rings. The summed E-state index contributed by atoms with van der Waals surface area (Å²) in [7, 11) is 0. The molecule has 0 aromatic heterocycles. The van der Waals surface area contributed by atoms with Crippen molar-refractivity contribution in [2.24, 2.45) is 0 Å². The van der Waals surface area contributed by atoms with Gasteiger partial charge < -0.3 is 5.32 Å². The quantitative estimate of drug-likeness (QED) is 0.712. The van der Waals surface area contributed by atoms with Gasteiger partial charge in [-0.3, -0.25) is 4.79 Å². The Labute approximate surface area is 161 Å². The van der Waals surface area contributed by atoms with Crippen molar-refractivity contribution in [3.8, 4) is 0 Å². The van der Waals surface area contributed by atoms with E-state index in [4.69, 9.17) is 0 Å². The Balaban J connectivity index is 1.52. The Bertz CT molecular complexity index is 738. The molecule has 1 unspecified atom stereocenters. The molecule has 0 heterocycles. The lowest BCUT2D eigenvalue weighted by Crippen LogP contribution is -2.29. The van der Waals surface area contributed by atoms with Crippen LogP contribution in [-0.4, -0.2) is 11.7 Å². The van der Waals surface area contributed by atoms with Crippen LogP contribution in [0.5, 0.6) is 0 Å². The fraction of sp³-hybridized carbons (Fsp3) is 0.435. The van der Waals surface area contributed by atoms with E-state index in [0.29, 0.717) is 5.75 Å². The highest BCUT2D eigenvalue weighted by Crippen LogP contribution is 2.26. The highest BCUT2D eigenvalue weighted by molar-refractivity contribution is 7.99. The monoisotopic (exact) mass is 367 g/mol. The molecule has 138 valence electrons. The number of aryl methyl sites for hydroxylation is 3. The van der Waals surface area contributed by atoms with Crippen molar-refractivity contribution in [3.05, 3.63) is 70.3 Å². The zero-order valence-electron chi connectivity index (χ0n) is 15.9. The van der Waals surface area contributed by atoms with E-state index in [0.717, 1.165) is 12.2 Å². The third kappa shape index (κ3) is 5.14. The molecule has 0 saturated heterocycles. The number of carbonyl (C=O) groups excluding carboxylic acids is 1. The minimum absolute atomic E-state index is 0.120. The zero-order chi connectivity index (χ0) is 18.4. The molecule has 2 aromatic carbocycles. The first kappa shape index (κ1) is 19.0. The number of thioether (sulfide) groups is 1. The van der Waals surface area contributed by atoms with Gasteiger partial charge in [-0.1, -0.05) is 55.0 Å². The van der Waals surface area contributed by atoms with Crippen LogP contribution in [0.25, 0.3) is 0 Å².